The van der Waals surface area contributed by atoms with E-state index in [-0.39, 0.29) is 11.8 Å². The molecule has 0 aliphatic carbocycles. The first-order valence-corrected chi connectivity index (χ1v) is 7.62. The summed E-state index contributed by atoms with van der Waals surface area (Å²) in [6.45, 7) is 1.94. The lowest BCUT2D eigenvalue weighted by molar-refractivity contribution is 0.562. The van der Waals surface area contributed by atoms with Crippen molar-refractivity contribution in [3.63, 3.8) is 0 Å². The fourth-order valence-electron chi connectivity index (χ4n) is 2.16. The predicted octanol–water partition coefficient (Wildman–Crippen LogP) is 1.57. The Labute approximate surface area is 102 Å². The van der Waals surface area contributed by atoms with Crippen molar-refractivity contribution >= 4 is 21.2 Å². The van der Waals surface area contributed by atoms with Crippen molar-refractivity contribution in [1.82, 2.24) is 0 Å². The van der Waals surface area contributed by atoms with E-state index >= 15 is 0 Å². The van der Waals surface area contributed by atoms with Crippen LogP contribution in [0.15, 0.2) is 18.2 Å². The van der Waals surface area contributed by atoms with E-state index in [0.717, 1.165) is 24.1 Å². The number of rotatable bonds is 2. The van der Waals surface area contributed by atoms with E-state index in [1.54, 1.807) is 0 Å². The van der Waals surface area contributed by atoms with E-state index in [1.807, 2.05) is 25.1 Å². The highest BCUT2D eigenvalue weighted by Gasteiger charge is 2.24. The van der Waals surface area contributed by atoms with Gasteiger partial charge in [-0.3, -0.25) is 0 Å². The third kappa shape index (κ3) is 2.91. The van der Waals surface area contributed by atoms with Crippen molar-refractivity contribution in [2.75, 3.05) is 22.6 Å². The minimum absolute atomic E-state index is 0.0159. The number of hydrogen-bond acceptors (Lipinski definition) is 4. The number of para-hydroxylation sites is 1. The van der Waals surface area contributed by atoms with Crippen LogP contribution in [-0.4, -0.2) is 26.0 Å². The Morgan fingerprint density at radius 3 is 2.88 bits per heavy atom. The second-order valence-corrected chi connectivity index (χ2v) is 6.86. The molecule has 3 N–H and O–H groups in total. The summed E-state index contributed by atoms with van der Waals surface area (Å²) in [5.74, 6) is 0.523. The second-order valence-electron chi connectivity index (χ2n) is 4.63. The van der Waals surface area contributed by atoms with E-state index in [1.165, 1.54) is 0 Å². The zero-order valence-corrected chi connectivity index (χ0v) is 10.8. The first kappa shape index (κ1) is 12.2. The molecular formula is C12H18N2O2S. The van der Waals surface area contributed by atoms with Crippen LogP contribution in [-0.2, 0) is 9.84 Å². The Balaban J connectivity index is 2.13. The molecule has 0 aromatic heterocycles. The van der Waals surface area contributed by atoms with Crippen molar-refractivity contribution < 1.29 is 8.42 Å². The molecule has 1 unspecified atom stereocenters. The standard InChI is InChI=1S/C12H18N2O2S/c1-9-4-2-6-11(12(9)13)14-10-5-3-7-17(15,16)8-10/h2,4,6,10,14H,3,5,7-8,13H2,1H3. The molecule has 0 saturated carbocycles. The molecule has 1 aromatic carbocycles. The molecule has 1 saturated heterocycles. The number of benzene rings is 1. The predicted molar refractivity (Wildman–Crippen MR) is 70.9 cm³/mol. The quantitative estimate of drug-likeness (QED) is 0.786. The Bertz CT molecular complexity index is 511. The lowest BCUT2D eigenvalue weighted by atomic mass is 10.1. The van der Waals surface area contributed by atoms with Crippen LogP contribution in [0, 0.1) is 6.92 Å². The van der Waals surface area contributed by atoms with Crippen LogP contribution in [0.5, 0.6) is 0 Å². The summed E-state index contributed by atoms with van der Waals surface area (Å²) in [5.41, 5.74) is 8.51. The maximum absolute atomic E-state index is 11.5. The number of aryl methyl sites for hydroxylation is 1. The highest BCUT2D eigenvalue weighted by molar-refractivity contribution is 7.91. The highest BCUT2D eigenvalue weighted by Crippen LogP contribution is 2.25. The van der Waals surface area contributed by atoms with Gasteiger partial charge in [-0.2, -0.15) is 0 Å². The maximum Gasteiger partial charge on any atom is 0.152 e. The van der Waals surface area contributed by atoms with Crippen LogP contribution < -0.4 is 11.1 Å². The van der Waals surface area contributed by atoms with Crippen LogP contribution >= 0.6 is 0 Å². The van der Waals surface area contributed by atoms with Gasteiger partial charge in [0.25, 0.3) is 0 Å². The van der Waals surface area contributed by atoms with Gasteiger partial charge in [-0.15, -0.1) is 0 Å². The minimum atomic E-state index is -2.88. The van der Waals surface area contributed by atoms with Gasteiger partial charge < -0.3 is 11.1 Å². The molecule has 0 spiro atoms. The van der Waals surface area contributed by atoms with Crippen LogP contribution in [0.2, 0.25) is 0 Å². The first-order valence-electron chi connectivity index (χ1n) is 5.80. The summed E-state index contributed by atoms with van der Waals surface area (Å²) in [6, 6.07) is 5.74. The number of anilines is 2. The van der Waals surface area contributed by atoms with Gasteiger partial charge in [0.2, 0.25) is 0 Å². The average molecular weight is 254 g/mol. The van der Waals surface area contributed by atoms with Gasteiger partial charge in [0, 0.05) is 6.04 Å². The Morgan fingerprint density at radius 2 is 2.18 bits per heavy atom. The molecule has 17 heavy (non-hydrogen) atoms. The molecule has 94 valence electrons. The summed E-state index contributed by atoms with van der Waals surface area (Å²) in [4.78, 5) is 0. The second kappa shape index (κ2) is 4.56. The lowest BCUT2D eigenvalue weighted by Gasteiger charge is -2.25. The van der Waals surface area contributed by atoms with Gasteiger partial charge in [0.15, 0.2) is 9.84 Å². The van der Waals surface area contributed by atoms with Gasteiger partial charge in [-0.05, 0) is 31.4 Å². The molecule has 1 atom stereocenters. The third-order valence-corrected chi connectivity index (χ3v) is 4.97. The number of sulfone groups is 1. The van der Waals surface area contributed by atoms with Crippen molar-refractivity contribution in [3.8, 4) is 0 Å². The van der Waals surface area contributed by atoms with Crippen LogP contribution in [0.4, 0.5) is 11.4 Å². The summed E-state index contributed by atoms with van der Waals surface area (Å²) < 4.78 is 23.1. The Hall–Kier alpha value is -1.23. The fourth-order valence-corrected chi connectivity index (χ4v) is 3.80. The molecule has 5 heteroatoms. The normalized spacial score (nSPS) is 23.2. The molecule has 0 amide bonds. The molecule has 0 radical (unpaired) electrons. The van der Waals surface area contributed by atoms with Gasteiger partial charge in [-0.25, -0.2) is 8.42 Å². The molecule has 1 aromatic rings. The summed E-state index contributed by atoms with van der Waals surface area (Å²) in [7, 11) is -2.88. The molecule has 1 heterocycles. The minimum Gasteiger partial charge on any atom is -0.397 e. The summed E-state index contributed by atoms with van der Waals surface area (Å²) in [5, 5.41) is 3.24. The topological polar surface area (TPSA) is 72.2 Å². The first-order chi connectivity index (χ1) is 7.98. The number of nitrogens with two attached hydrogens (primary N) is 1. The molecule has 4 nitrogen and oxygen atoms in total. The Morgan fingerprint density at radius 1 is 1.41 bits per heavy atom. The SMILES string of the molecule is Cc1cccc(NC2CCCS(=O)(=O)C2)c1N. The van der Waals surface area contributed by atoms with E-state index in [2.05, 4.69) is 5.32 Å². The largest absolute Gasteiger partial charge is 0.397 e. The molecule has 2 rings (SSSR count). The van der Waals surface area contributed by atoms with Gasteiger partial charge in [-0.1, -0.05) is 12.1 Å². The van der Waals surface area contributed by atoms with E-state index < -0.39 is 9.84 Å². The van der Waals surface area contributed by atoms with Crippen molar-refractivity contribution in [1.29, 1.82) is 0 Å². The summed E-state index contributed by atoms with van der Waals surface area (Å²) in [6.07, 6.45) is 1.61. The molecule has 0 bridgehead atoms. The van der Waals surface area contributed by atoms with Crippen LogP contribution in [0.1, 0.15) is 18.4 Å². The van der Waals surface area contributed by atoms with Crippen LogP contribution in [0.3, 0.4) is 0 Å². The fraction of sp³-hybridized carbons (Fsp3) is 0.500. The van der Waals surface area contributed by atoms with E-state index in [9.17, 15) is 8.42 Å². The van der Waals surface area contributed by atoms with E-state index in [4.69, 9.17) is 5.73 Å². The van der Waals surface area contributed by atoms with Crippen molar-refractivity contribution in [3.05, 3.63) is 23.8 Å². The smallest absolute Gasteiger partial charge is 0.152 e. The van der Waals surface area contributed by atoms with Crippen LogP contribution in [0.25, 0.3) is 0 Å². The monoisotopic (exact) mass is 254 g/mol. The van der Waals surface area contributed by atoms with Gasteiger partial charge in [0.05, 0.1) is 22.9 Å². The number of hydrogen-bond donors (Lipinski definition) is 2. The van der Waals surface area contributed by atoms with Crippen molar-refractivity contribution in [2.24, 2.45) is 0 Å². The third-order valence-electron chi connectivity index (χ3n) is 3.15. The van der Waals surface area contributed by atoms with Crippen molar-refractivity contribution in [2.45, 2.75) is 25.8 Å². The molecule has 1 aliphatic heterocycles. The molecule has 1 aliphatic rings. The average Bonchev–Trinajstić information content (AvgIpc) is 2.23. The lowest BCUT2D eigenvalue weighted by Crippen LogP contribution is -2.35. The van der Waals surface area contributed by atoms with Gasteiger partial charge >= 0.3 is 0 Å². The number of nitrogen functional groups attached to an aromatic ring is 1. The Kier molecular flexibility index (Phi) is 3.28. The zero-order valence-electron chi connectivity index (χ0n) is 9.94. The van der Waals surface area contributed by atoms with E-state index in [0.29, 0.717) is 11.4 Å². The summed E-state index contributed by atoms with van der Waals surface area (Å²) >= 11 is 0. The zero-order chi connectivity index (χ0) is 12.5. The van der Waals surface area contributed by atoms with Gasteiger partial charge in [0.1, 0.15) is 0 Å². The maximum atomic E-state index is 11.5. The molecular weight excluding hydrogens is 236 g/mol. The molecule has 1 fully saturated rings. The highest BCUT2D eigenvalue weighted by atomic mass is 32.2. The number of nitrogens with one attached hydrogen (secondary N) is 1.